The van der Waals surface area contributed by atoms with Crippen molar-refractivity contribution in [3.05, 3.63) is 26.7 Å². The van der Waals surface area contributed by atoms with E-state index in [1.807, 2.05) is 6.92 Å². The van der Waals surface area contributed by atoms with E-state index in [0.717, 1.165) is 6.42 Å². The van der Waals surface area contributed by atoms with Crippen LogP contribution in [0.25, 0.3) is 0 Å². The molecule has 0 aliphatic carbocycles. The Hall–Kier alpha value is 0.150. The van der Waals surface area contributed by atoms with Crippen LogP contribution in [0.4, 0.5) is 0 Å². The third-order valence-corrected chi connectivity index (χ3v) is 7.07. The van der Waals surface area contributed by atoms with Gasteiger partial charge in [-0.3, -0.25) is 0 Å². The molecule has 21 heavy (non-hydrogen) atoms. The number of hydrogen-bond acceptors (Lipinski definition) is 3. The molecule has 1 aliphatic heterocycles. The van der Waals surface area contributed by atoms with Gasteiger partial charge >= 0.3 is 0 Å². The molecule has 0 aromatic heterocycles. The van der Waals surface area contributed by atoms with E-state index in [9.17, 15) is 13.5 Å². The molecule has 2 atom stereocenters. The third-order valence-electron chi connectivity index (χ3n) is 3.71. The lowest BCUT2D eigenvalue weighted by Crippen LogP contribution is -2.46. The summed E-state index contributed by atoms with van der Waals surface area (Å²) in [6.45, 7) is 2.11. The fourth-order valence-corrected chi connectivity index (χ4v) is 6.15. The SMILES string of the molecule is C[C@H]1CC[C@@H](CO)CN1S(=O)(=O)c1c(Cl)cc(Br)cc1Cl. The fourth-order valence-electron chi connectivity index (χ4n) is 2.52. The molecule has 0 amide bonds. The number of sulfonamides is 1. The summed E-state index contributed by atoms with van der Waals surface area (Å²) in [6, 6.07) is 2.88. The Bertz CT molecular complexity index is 615. The number of aliphatic hydroxyl groups excluding tert-OH is 1. The molecule has 0 radical (unpaired) electrons. The number of halogens is 3. The van der Waals surface area contributed by atoms with E-state index >= 15 is 0 Å². The maximum Gasteiger partial charge on any atom is 0.246 e. The Morgan fingerprint density at radius 3 is 2.43 bits per heavy atom. The largest absolute Gasteiger partial charge is 0.396 e. The van der Waals surface area contributed by atoms with Crippen molar-refractivity contribution in [2.24, 2.45) is 5.92 Å². The van der Waals surface area contributed by atoms with E-state index in [0.29, 0.717) is 10.9 Å². The molecule has 0 bridgehead atoms. The van der Waals surface area contributed by atoms with Crippen LogP contribution in [0.5, 0.6) is 0 Å². The highest BCUT2D eigenvalue weighted by Crippen LogP contribution is 2.37. The Balaban J connectivity index is 2.46. The standard InChI is InChI=1S/C13H16BrCl2NO3S/c1-8-2-3-9(7-18)6-17(8)21(19,20)13-11(15)4-10(14)5-12(13)16/h4-5,8-9,18H,2-3,6-7H2,1H3/t8-,9+/m0/s1. The van der Waals surface area contributed by atoms with Crippen molar-refractivity contribution in [3.8, 4) is 0 Å². The summed E-state index contributed by atoms with van der Waals surface area (Å²) >= 11 is 15.4. The van der Waals surface area contributed by atoms with E-state index in [-0.39, 0.29) is 40.1 Å². The monoisotopic (exact) mass is 415 g/mol. The molecule has 4 nitrogen and oxygen atoms in total. The fraction of sp³-hybridized carbons (Fsp3) is 0.538. The molecule has 0 spiro atoms. The molecule has 1 fully saturated rings. The Labute approximate surface area is 143 Å². The minimum atomic E-state index is -3.79. The van der Waals surface area contributed by atoms with Crippen molar-refractivity contribution in [3.63, 3.8) is 0 Å². The van der Waals surface area contributed by atoms with Gasteiger partial charge in [-0.1, -0.05) is 39.1 Å². The molecule has 0 saturated carbocycles. The van der Waals surface area contributed by atoms with E-state index < -0.39 is 10.0 Å². The Morgan fingerprint density at radius 1 is 1.33 bits per heavy atom. The second kappa shape index (κ2) is 6.72. The first-order valence-electron chi connectivity index (χ1n) is 6.54. The molecule has 1 aromatic carbocycles. The summed E-state index contributed by atoms with van der Waals surface area (Å²) in [5.74, 6) is -0.0519. The zero-order valence-electron chi connectivity index (χ0n) is 11.4. The molecule has 2 rings (SSSR count). The first kappa shape index (κ1) is 17.5. The van der Waals surface area contributed by atoms with Crippen molar-refractivity contribution in [1.82, 2.24) is 4.31 Å². The molecule has 1 aliphatic rings. The lowest BCUT2D eigenvalue weighted by molar-refractivity contribution is 0.139. The van der Waals surface area contributed by atoms with Gasteiger partial charge in [-0.25, -0.2) is 8.42 Å². The number of rotatable bonds is 3. The van der Waals surface area contributed by atoms with Gasteiger partial charge in [0.2, 0.25) is 10.0 Å². The quantitative estimate of drug-likeness (QED) is 0.819. The van der Waals surface area contributed by atoms with Crippen molar-refractivity contribution >= 4 is 49.2 Å². The van der Waals surface area contributed by atoms with Gasteiger partial charge in [-0.05, 0) is 37.8 Å². The summed E-state index contributed by atoms with van der Waals surface area (Å²) in [5.41, 5.74) is 0. The van der Waals surface area contributed by atoms with Gasteiger partial charge in [-0.15, -0.1) is 0 Å². The highest BCUT2D eigenvalue weighted by molar-refractivity contribution is 9.10. The van der Waals surface area contributed by atoms with E-state index in [1.165, 1.54) is 16.4 Å². The predicted octanol–water partition coefficient (Wildman–Crippen LogP) is 3.54. The third kappa shape index (κ3) is 3.57. The smallest absolute Gasteiger partial charge is 0.246 e. The van der Waals surface area contributed by atoms with Crippen molar-refractivity contribution in [1.29, 1.82) is 0 Å². The summed E-state index contributed by atoms with van der Waals surface area (Å²) in [7, 11) is -3.79. The van der Waals surface area contributed by atoms with Crippen molar-refractivity contribution in [2.45, 2.75) is 30.7 Å². The molecule has 1 aromatic rings. The molecule has 1 saturated heterocycles. The number of piperidine rings is 1. The van der Waals surface area contributed by atoms with Crippen molar-refractivity contribution in [2.75, 3.05) is 13.2 Å². The van der Waals surface area contributed by atoms with E-state index in [1.54, 1.807) is 0 Å². The molecule has 0 unspecified atom stereocenters. The van der Waals surface area contributed by atoms with Gasteiger partial charge in [0.25, 0.3) is 0 Å². The Kier molecular flexibility index (Phi) is 5.60. The van der Waals surface area contributed by atoms with Gasteiger partial charge in [0, 0.05) is 23.7 Å². The molecular weight excluding hydrogens is 401 g/mol. The number of benzene rings is 1. The van der Waals surface area contributed by atoms with Crippen LogP contribution >= 0.6 is 39.1 Å². The second-order valence-electron chi connectivity index (χ2n) is 5.25. The van der Waals surface area contributed by atoms with Gasteiger partial charge in [0.1, 0.15) is 4.90 Å². The molecule has 118 valence electrons. The predicted molar refractivity (Wildman–Crippen MR) is 87.3 cm³/mol. The van der Waals surface area contributed by atoms with Crippen LogP contribution in [0.2, 0.25) is 10.0 Å². The first-order valence-corrected chi connectivity index (χ1v) is 9.53. The topological polar surface area (TPSA) is 57.6 Å². The average molecular weight is 417 g/mol. The van der Waals surface area contributed by atoms with Crippen LogP contribution in [-0.4, -0.2) is 37.0 Å². The maximum absolute atomic E-state index is 12.9. The minimum absolute atomic E-state index is 0.0272. The Morgan fingerprint density at radius 2 is 1.90 bits per heavy atom. The van der Waals surface area contributed by atoms with Crippen LogP contribution in [0.3, 0.4) is 0 Å². The number of hydrogen-bond donors (Lipinski definition) is 1. The van der Waals surface area contributed by atoms with Gasteiger partial charge in [0.05, 0.1) is 10.0 Å². The number of aliphatic hydroxyl groups is 1. The van der Waals surface area contributed by atoms with Crippen LogP contribution in [-0.2, 0) is 10.0 Å². The average Bonchev–Trinajstić information content (AvgIpc) is 2.37. The van der Waals surface area contributed by atoms with Crippen LogP contribution in [0.15, 0.2) is 21.5 Å². The van der Waals surface area contributed by atoms with Crippen LogP contribution in [0.1, 0.15) is 19.8 Å². The number of nitrogens with zero attached hydrogens (tertiary/aromatic N) is 1. The maximum atomic E-state index is 12.9. The zero-order valence-corrected chi connectivity index (χ0v) is 15.3. The highest BCUT2D eigenvalue weighted by Gasteiger charge is 2.37. The van der Waals surface area contributed by atoms with Crippen LogP contribution in [0, 0.1) is 5.92 Å². The van der Waals surface area contributed by atoms with Crippen molar-refractivity contribution < 1.29 is 13.5 Å². The summed E-state index contributed by atoms with van der Waals surface area (Å²) < 4.78 is 27.8. The summed E-state index contributed by atoms with van der Waals surface area (Å²) in [5, 5.41) is 9.48. The van der Waals surface area contributed by atoms with E-state index in [4.69, 9.17) is 23.2 Å². The van der Waals surface area contributed by atoms with Gasteiger partial charge in [0.15, 0.2) is 0 Å². The molecule has 1 heterocycles. The lowest BCUT2D eigenvalue weighted by atomic mass is 9.96. The van der Waals surface area contributed by atoms with Gasteiger partial charge < -0.3 is 5.11 Å². The van der Waals surface area contributed by atoms with Gasteiger partial charge in [-0.2, -0.15) is 4.31 Å². The molecule has 1 N–H and O–H groups in total. The lowest BCUT2D eigenvalue weighted by Gasteiger charge is -2.36. The molecular formula is C13H16BrCl2NO3S. The highest BCUT2D eigenvalue weighted by atomic mass is 79.9. The molecule has 8 heteroatoms. The summed E-state index contributed by atoms with van der Waals surface area (Å²) in [4.78, 5) is -0.0699. The van der Waals surface area contributed by atoms with Crippen LogP contribution < -0.4 is 0 Å². The summed E-state index contributed by atoms with van der Waals surface area (Å²) in [6.07, 6.45) is 1.52. The first-order chi connectivity index (χ1) is 9.77. The zero-order chi connectivity index (χ0) is 15.8. The normalized spacial score (nSPS) is 24.2. The minimum Gasteiger partial charge on any atom is -0.396 e. The van der Waals surface area contributed by atoms with E-state index in [2.05, 4.69) is 15.9 Å². The second-order valence-corrected chi connectivity index (χ2v) is 8.81.